The molecule has 5 nitrogen and oxygen atoms in total. The van der Waals surface area contributed by atoms with E-state index in [0.717, 1.165) is 29.6 Å². The van der Waals surface area contributed by atoms with Crippen molar-refractivity contribution in [2.24, 2.45) is 5.92 Å². The van der Waals surface area contributed by atoms with Crippen LogP contribution < -0.4 is 5.32 Å². The summed E-state index contributed by atoms with van der Waals surface area (Å²) in [5, 5.41) is 12.8. The number of rotatable bonds is 5. The fourth-order valence-electron chi connectivity index (χ4n) is 5.05. The summed E-state index contributed by atoms with van der Waals surface area (Å²) in [6.07, 6.45) is 6.42. The van der Waals surface area contributed by atoms with Gasteiger partial charge in [0.2, 0.25) is 0 Å². The summed E-state index contributed by atoms with van der Waals surface area (Å²) in [5.74, 6) is 1.83. The highest BCUT2D eigenvalue weighted by Gasteiger charge is 2.22. The average molecular weight is 402 g/mol. The average Bonchev–Trinajstić information content (AvgIpc) is 3.30. The second-order valence-corrected chi connectivity index (χ2v) is 8.86. The van der Waals surface area contributed by atoms with E-state index >= 15 is 0 Å². The predicted molar refractivity (Wildman–Crippen MR) is 123 cm³/mol. The maximum atomic E-state index is 4.53. The van der Waals surface area contributed by atoms with Crippen molar-refractivity contribution in [3.63, 3.8) is 0 Å². The Morgan fingerprint density at radius 1 is 0.967 bits per heavy atom. The Balaban J connectivity index is 1.57. The molecule has 3 aromatic heterocycles. The van der Waals surface area contributed by atoms with Crippen LogP contribution in [0.5, 0.6) is 0 Å². The Labute approximate surface area is 178 Å². The number of nitrogens with zero attached hydrogens (tertiary/aromatic N) is 4. The Morgan fingerprint density at radius 2 is 1.73 bits per heavy atom. The first-order chi connectivity index (χ1) is 14.6. The first kappa shape index (κ1) is 19.2. The molecule has 1 fully saturated rings. The molecule has 1 aliphatic carbocycles. The highest BCUT2D eigenvalue weighted by atomic mass is 15.3. The third kappa shape index (κ3) is 3.36. The molecule has 5 heteroatoms. The fourth-order valence-corrected chi connectivity index (χ4v) is 5.05. The minimum Gasteiger partial charge on any atom is -0.379 e. The van der Waals surface area contributed by atoms with E-state index in [1.54, 1.807) is 0 Å². The molecule has 1 N–H and O–H groups in total. The van der Waals surface area contributed by atoms with Crippen molar-refractivity contribution >= 4 is 22.4 Å². The lowest BCUT2D eigenvalue weighted by atomic mass is 9.84. The maximum absolute atomic E-state index is 4.53. The van der Waals surface area contributed by atoms with Crippen molar-refractivity contribution in [2.75, 3.05) is 5.32 Å². The number of hydrogen-bond donors (Lipinski definition) is 1. The zero-order chi connectivity index (χ0) is 20.7. The van der Waals surface area contributed by atoms with Gasteiger partial charge in [0.15, 0.2) is 5.65 Å². The summed E-state index contributed by atoms with van der Waals surface area (Å²) in [4.78, 5) is 0. The minimum absolute atomic E-state index is 0.518. The van der Waals surface area contributed by atoms with Crippen LogP contribution in [0.3, 0.4) is 0 Å². The molecular formula is C25H31N5. The summed E-state index contributed by atoms with van der Waals surface area (Å²) in [6, 6.07) is 15.8. The zero-order valence-corrected chi connectivity index (χ0v) is 18.2. The first-order valence-corrected chi connectivity index (χ1v) is 11.3. The van der Waals surface area contributed by atoms with Crippen LogP contribution >= 0.6 is 0 Å². The molecule has 1 aliphatic rings. The third-order valence-electron chi connectivity index (χ3n) is 6.88. The minimum atomic E-state index is 0.518. The van der Waals surface area contributed by atoms with Crippen molar-refractivity contribution in [1.29, 1.82) is 0 Å². The molecule has 0 atom stereocenters. The van der Waals surface area contributed by atoms with E-state index in [-0.39, 0.29) is 0 Å². The van der Waals surface area contributed by atoms with E-state index in [1.165, 1.54) is 54.4 Å². The number of anilines is 1. The van der Waals surface area contributed by atoms with E-state index in [4.69, 9.17) is 0 Å². The Kier molecular flexibility index (Phi) is 4.97. The Hall–Kier alpha value is -2.82. The second-order valence-electron chi connectivity index (χ2n) is 8.86. The van der Waals surface area contributed by atoms with Gasteiger partial charge in [-0.25, -0.2) is 0 Å². The largest absolute Gasteiger partial charge is 0.379 e. The van der Waals surface area contributed by atoms with Gasteiger partial charge in [-0.15, -0.1) is 10.2 Å². The van der Waals surface area contributed by atoms with Gasteiger partial charge < -0.3 is 9.88 Å². The molecule has 0 unspecified atom stereocenters. The normalized spacial score (nSPS) is 19.6. The topological polar surface area (TPSA) is 47.2 Å². The number of hydrogen-bond acceptors (Lipinski definition) is 3. The quantitative estimate of drug-likeness (QED) is 0.464. The molecule has 1 aromatic carbocycles. The number of fused-ring (bicyclic) bond motifs is 3. The standard InChI is InChI=1S/C25H31N5/c1-4-19-10-12-21(13-11-19)26-22-15-23-24(30-18(3)27-28-25(22)30)14-17(2)29(23)16-20-8-6-5-7-9-20/h5-9,14-15,19,21,26H,4,10-13,16H2,1-3H3. The monoisotopic (exact) mass is 401 g/mol. The Bertz CT molecular complexity index is 1160. The molecule has 0 spiro atoms. The Morgan fingerprint density at radius 3 is 2.47 bits per heavy atom. The molecule has 1 saturated carbocycles. The molecule has 0 amide bonds. The number of pyridine rings is 1. The van der Waals surface area contributed by atoms with E-state index in [1.807, 2.05) is 6.92 Å². The van der Waals surface area contributed by atoms with Gasteiger partial charge in [0.25, 0.3) is 0 Å². The van der Waals surface area contributed by atoms with Gasteiger partial charge in [-0.05, 0) is 63.1 Å². The van der Waals surface area contributed by atoms with Crippen LogP contribution in [-0.4, -0.2) is 25.2 Å². The van der Waals surface area contributed by atoms with E-state index in [9.17, 15) is 0 Å². The predicted octanol–water partition coefficient (Wildman–Crippen LogP) is 5.73. The molecule has 0 aliphatic heterocycles. The molecular weight excluding hydrogens is 370 g/mol. The number of aryl methyl sites for hydroxylation is 2. The fraction of sp³-hybridized carbons (Fsp3) is 0.440. The summed E-state index contributed by atoms with van der Waals surface area (Å²) in [5.41, 5.74) is 7.03. The van der Waals surface area contributed by atoms with Gasteiger partial charge in [0.05, 0.1) is 16.7 Å². The lowest BCUT2D eigenvalue weighted by molar-refractivity contribution is 0.330. The van der Waals surface area contributed by atoms with Crippen molar-refractivity contribution in [1.82, 2.24) is 19.2 Å². The van der Waals surface area contributed by atoms with Crippen LogP contribution in [0.2, 0.25) is 0 Å². The van der Waals surface area contributed by atoms with Gasteiger partial charge in [-0.1, -0.05) is 43.7 Å². The van der Waals surface area contributed by atoms with Crippen molar-refractivity contribution < 1.29 is 0 Å². The molecule has 4 aromatic rings. The van der Waals surface area contributed by atoms with Gasteiger partial charge >= 0.3 is 0 Å². The molecule has 156 valence electrons. The summed E-state index contributed by atoms with van der Waals surface area (Å²) in [6.45, 7) is 7.41. The van der Waals surface area contributed by atoms with Crippen LogP contribution in [0.25, 0.3) is 16.7 Å². The molecule has 0 bridgehead atoms. The van der Waals surface area contributed by atoms with Crippen molar-refractivity contribution in [3.8, 4) is 0 Å². The summed E-state index contributed by atoms with van der Waals surface area (Å²) < 4.78 is 4.62. The zero-order valence-electron chi connectivity index (χ0n) is 18.2. The maximum Gasteiger partial charge on any atom is 0.184 e. The van der Waals surface area contributed by atoms with Crippen LogP contribution in [0.1, 0.15) is 56.1 Å². The summed E-state index contributed by atoms with van der Waals surface area (Å²) in [7, 11) is 0. The highest BCUT2D eigenvalue weighted by molar-refractivity contribution is 5.88. The van der Waals surface area contributed by atoms with Crippen LogP contribution in [0, 0.1) is 19.8 Å². The number of benzene rings is 1. The van der Waals surface area contributed by atoms with Crippen LogP contribution in [0.15, 0.2) is 42.5 Å². The lowest BCUT2D eigenvalue weighted by Crippen LogP contribution is -2.26. The number of nitrogens with one attached hydrogen (secondary N) is 1. The highest BCUT2D eigenvalue weighted by Crippen LogP contribution is 2.32. The summed E-state index contributed by atoms with van der Waals surface area (Å²) >= 11 is 0. The SMILES string of the molecule is CCC1CCC(Nc2cc3c(cc(C)n3Cc3ccccc3)n3c(C)nnc23)CC1. The van der Waals surface area contributed by atoms with Crippen molar-refractivity contribution in [3.05, 3.63) is 59.5 Å². The molecule has 3 heterocycles. The molecule has 0 saturated heterocycles. The molecule has 0 radical (unpaired) electrons. The van der Waals surface area contributed by atoms with Crippen molar-refractivity contribution in [2.45, 2.75) is 65.5 Å². The van der Waals surface area contributed by atoms with Gasteiger partial charge in [-0.2, -0.15) is 0 Å². The smallest absolute Gasteiger partial charge is 0.184 e. The number of aromatic nitrogens is 4. The van der Waals surface area contributed by atoms with Gasteiger partial charge in [-0.3, -0.25) is 4.40 Å². The second kappa shape index (κ2) is 7.78. The first-order valence-electron chi connectivity index (χ1n) is 11.3. The van der Waals surface area contributed by atoms with Crippen LogP contribution in [0.4, 0.5) is 5.69 Å². The van der Waals surface area contributed by atoms with E-state index < -0.39 is 0 Å². The molecule has 5 rings (SSSR count). The van der Waals surface area contributed by atoms with Gasteiger partial charge in [0.1, 0.15) is 5.82 Å². The molecule has 30 heavy (non-hydrogen) atoms. The van der Waals surface area contributed by atoms with Crippen LogP contribution in [-0.2, 0) is 6.54 Å². The van der Waals surface area contributed by atoms with E-state index in [2.05, 4.69) is 80.8 Å². The van der Waals surface area contributed by atoms with E-state index in [0.29, 0.717) is 6.04 Å². The van der Waals surface area contributed by atoms with Gasteiger partial charge in [0, 0.05) is 18.3 Å². The lowest BCUT2D eigenvalue weighted by Gasteiger charge is -2.29. The third-order valence-corrected chi connectivity index (χ3v) is 6.88.